The van der Waals surface area contributed by atoms with Crippen LogP contribution in [0.1, 0.15) is 0 Å². The molecule has 1 amide bonds. The Balaban J connectivity index is 2.52. The molecule has 0 aliphatic carbocycles. The average molecular weight is 367 g/mol. The maximum Gasteiger partial charge on any atom is 0.330 e. The van der Waals surface area contributed by atoms with Gasteiger partial charge in [-0.3, -0.25) is 4.79 Å². The third-order valence-corrected chi connectivity index (χ3v) is 3.11. The average Bonchev–Trinajstić information content (AvgIpc) is 2.43. The topological polar surface area (TPSA) is 84.9 Å². The van der Waals surface area contributed by atoms with Crippen molar-refractivity contribution in [2.75, 3.05) is 20.3 Å². The van der Waals surface area contributed by atoms with Gasteiger partial charge in [0.25, 0.3) is 5.91 Å². The number of rotatable bonds is 6. The van der Waals surface area contributed by atoms with Gasteiger partial charge in [-0.2, -0.15) is 0 Å². The Morgan fingerprint density at radius 1 is 1.50 bits per heavy atom. The molecule has 1 aromatic carbocycles. The maximum atomic E-state index is 11.6. The lowest BCUT2D eigenvalue weighted by molar-refractivity contribution is -0.146. The molecule has 8 heteroatoms. The van der Waals surface area contributed by atoms with Gasteiger partial charge in [0.15, 0.2) is 12.6 Å². The van der Waals surface area contributed by atoms with E-state index in [1.165, 1.54) is 7.11 Å². The van der Waals surface area contributed by atoms with E-state index < -0.39 is 24.5 Å². The fraction of sp³-hybridized carbons (Fsp3) is 0.333. The third-order valence-electron chi connectivity index (χ3n) is 2.26. The molecule has 1 atom stereocenters. The second-order valence-corrected chi connectivity index (χ2v) is 4.98. The van der Waals surface area contributed by atoms with Crippen molar-refractivity contribution in [3.63, 3.8) is 0 Å². The number of benzene rings is 1. The van der Waals surface area contributed by atoms with E-state index in [4.69, 9.17) is 21.4 Å². The highest BCUT2D eigenvalue weighted by Crippen LogP contribution is 2.27. The summed E-state index contributed by atoms with van der Waals surface area (Å²) in [6, 6.07) is 3.73. The largest absolute Gasteiger partial charge is 0.483 e. The van der Waals surface area contributed by atoms with Gasteiger partial charge in [-0.1, -0.05) is 11.6 Å². The number of halogens is 2. The summed E-state index contributed by atoms with van der Waals surface area (Å²) in [4.78, 5) is 22.8. The van der Waals surface area contributed by atoms with Gasteiger partial charge in [0.05, 0.1) is 18.2 Å². The summed E-state index contributed by atoms with van der Waals surface area (Å²) in [6.45, 7) is -0.864. The predicted molar refractivity (Wildman–Crippen MR) is 75.7 cm³/mol. The van der Waals surface area contributed by atoms with Crippen LogP contribution in [0, 0.1) is 0 Å². The molecule has 0 radical (unpaired) electrons. The Morgan fingerprint density at radius 3 is 2.75 bits per heavy atom. The number of hydrogen-bond acceptors (Lipinski definition) is 5. The lowest BCUT2D eigenvalue weighted by Gasteiger charge is -2.14. The van der Waals surface area contributed by atoms with Crippen LogP contribution in [0.3, 0.4) is 0 Å². The van der Waals surface area contributed by atoms with Crippen molar-refractivity contribution < 1.29 is 24.2 Å². The first kappa shape index (κ1) is 16.7. The molecule has 2 N–H and O–H groups in total. The standard InChI is InChI=1S/C12H13BrClNO5/c1-19-12(18)9(5-16)15-11(17)6-20-10-3-2-7(14)4-8(10)13/h2-4,9,16H,5-6H2,1H3,(H,15,17)/t9-/m1/s1. The zero-order chi connectivity index (χ0) is 15.1. The molecule has 1 rings (SSSR count). The molecule has 6 nitrogen and oxygen atoms in total. The Bertz CT molecular complexity index is 497. The first-order chi connectivity index (χ1) is 9.47. The van der Waals surface area contributed by atoms with Crippen LogP contribution in [0.4, 0.5) is 0 Å². The van der Waals surface area contributed by atoms with Crippen LogP contribution in [0.2, 0.25) is 5.02 Å². The first-order valence-electron chi connectivity index (χ1n) is 5.53. The van der Waals surface area contributed by atoms with Crippen molar-refractivity contribution >= 4 is 39.4 Å². The van der Waals surface area contributed by atoms with E-state index >= 15 is 0 Å². The van der Waals surface area contributed by atoms with Gasteiger partial charge in [-0.15, -0.1) is 0 Å². The number of hydrogen-bond donors (Lipinski definition) is 2. The van der Waals surface area contributed by atoms with Crippen molar-refractivity contribution in [3.05, 3.63) is 27.7 Å². The normalized spacial score (nSPS) is 11.6. The summed E-state index contributed by atoms with van der Waals surface area (Å²) >= 11 is 9.02. The van der Waals surface area contributed by atoms with Crippen LogP contribution in [0.15, 0.2) is 22.7 Å². The minimum absolute atomic E-state index is 0.312. The number of methoxy groups -OCH3 is 1. The predicted octanol–water partition coefficient (Wildman–Crippen LogP) is 1.13. The molecule has 1 aromatic rings. The van der Waals surface area contributed by atoms with E-state index in [2.05, 4.69) is 26.0 Å². The number of amides is 1. The number of nitrogens with one attached hydrogen (secondary N) is 1. The van der Waals surface area contributed by atoms with E-state index in [1.54, 1.807) is 18.2 Å². The molecule has 0 fully saturated rings. The lowest BCUT2D eigenvalue weighted by atomic mass is 10.3. The number of carbonyl (C=O) groups excluding carboxylic acids is 2. The summed E-state index contributed by atoms with van der Waals surface area (Å²) < 4.78 is 10.3. The fourth-order valence-electron chi connectivity index (χ4n) is 1.29. The number of aliphatic hydroxyl groups excluding tert-OH is 1. The van der Waals surface area contributed by atoms with Gasteiger partial charge in [-0.25, -0.2) is 4.79 Å². The van der Waals surface area contributed by atoms with E-state index in [0.717, 1.165) is 0 Å². The minimum atomic E-state index is -1.11. The van der Waals surface area contributed by atoms with Gasteiger partial charge >= 0.3 is 5.97 Å². The Labute approximate surface area is 129 Å². The summed E-state index contributed by atoms with van der Waals surface area (Å²) in [7, 11) is 1.17. The molecule has 110 valence electrons. The highest BCUT2D eigenvalue weighted by atomic mass is 79.9. The second kappa shape index (κ2) is 8.08. The molecular weight excluding hydrogens is 353 g/mol. The van der Waals surface area contributed by atoms with E-state index in [9.17, 15) is 9.59 Å². The minimum Gasteiger partial charge on any atom is -0.483 e. The summed E-state index contributed by atoms with van der Waals surface area (Å²) in [5, 5.41) is 11.8. The molecule has 0 aliphatic heterocycles. The van der Waals surface area contributed by atoms with Gasteiger partial charge < -0.3 is 19.9 Å². The first-order valence-corrected chi connectivity index (χ1v) is 6.71. The van der Waals surface area contributed by atoms with Gasteiger partial charge in [0, 0.05) is 5.02 Å². The zero-order valence-electron chi connectivity index (χ0n) is 10.6. The van der Waals surface area contributed by atoms with Crippen molar-refractivity contribution in [2.24, 2.45) is 0 Å². The fourth-order valence-corrected chi connectivity index (χ4v) is 2.09. The molecule has 0 saturated heterocycles. The number of ether oxygens (including phenoxy) is 2. The summed E-state index contributed by atoms with van der Waals surface area (Å²) in [5.74, 6) is -0.854. The van der Waals surface area contributed by atoms with Gasteiger partial charge in [-0.05, 0) is 34.1 Å². The molecule has 0 aliphatic rings. The van der Waals surface area contributed by atoms with Crippen molar-refractivity contribution in [2.45, 2.75) is 6.04 Å². The van der Waals surface area contributed by atoms with Gasteiger partial charge in [0.2, 0.25) is 0 Å². The number of aliphatic hydroxyl groups is 1. The Hall–Kier alpha value is -1.31. The smallest absolute Gasteiger partial charge is 0.330 e. The summed E-state index contributed by atoms with van der Waals surface area (Å²) in [5.41, 5.74) is 0. The highest BCUT2D eigenvalue weighted by Gasteiger charge is 2.20. The van der Waals surface area contributed by atoms with E-state index in [1.807, 2.05) is 0 Å². The van der Waals surface area contributed by atoms with Crippen molar-refractivity contribution in [1.29, 1.82) is 0 Å². The van der Waals surface area contributed by atoms with E-state index in [0.29, 0.717) is 15.2 Å². The second-order valence-electron chi connectivity index (χ2n) is 3.69. The van der Waals surface area contributed by atoms with Crippen LogP contribution in [0.5, 0.6) is 5.75 Å². The molecule has 0 heterocycles. The third kappa shape index (κ3) is 4.99. The van der Waals surface area contributed by atoms with Crippen LogP contribution in [0.25, 0.3) is 0 Å². The maximum absolute atomic E-state index is 11.6. The number of esters is 1. The molecule has 20 heavy (non-hydrogen) atoms. The van der Waals surface area contributed by atoms with Crippen LogP contribution >= 0.6 is 27.5 Å². The van der Waals surface area contributed by atoms with E-state index in [-0.39, 0.29) is 6.61 Å². The van der Waals surface area contributed by atoms with Crippen LogP contribution < -0.4 is 10.1 Å². The molecule has 0 aromatic heterocycles. The molecular formula is C12H13BrClNO5. The van der Waals surface area contributed by atoms with Crippen LogP contribution in [-0.2, 0) is 14.3 Å². The SMILES string of the molecule is COC(=O)[C@@H](CO)NC(=O)COc1ccc(Cl)cc1Br. The zero-order valence-corrected chi connectivity index (χ0v) is 12.9. The van der Waals surface area contributed by atoms with Crippen molar-refractivity contribution in [3.8, 4) is 5.75 Å². The number of carbonyl (C=O) groups is 2. The van der Waals surface area contributed by atoms with Crippen molar-refractivity contribution in [1.82, 2.24) is 5.32 Å². The summed E-state index contributed by atoms with van der Waals surface area (Å²) in [6.07, 6.45) is 0. The highest BCUT2D eigenvalue weighted by molar-refractivity contribution is 9.10. The van der Waals surface area contributed by atoms with Gasteiger partial charge in [0.1, 0.15) is 5.75 Å². The van der Waals surface area contributed by atoms with Crippen LogP contribution in [-0.4, -0.2) is 43.3 Å². The Kier molecular flexibility index (Phi) is 6.77. The lowest BCUT2D eigenvalue weighted by Crippen LogP contribution is -2.45. The molecule has 0 spiro atoms. The molecule has 0 unspecified atom stereocenters. The molecule has 0 bridgehead atoms. The quantitative estimate of drug-likeness (QED) is 0.737. The Morgan fingerprint density at radius 2 is 2.20 bits per heavy atom. The molecule has 0 saturated carbocycles. The monoisotopic (exact) mass is 365 g/mol.